The molecule has 1 amide bonds. The van der Waals surface area contributed by atoms with Gasteiger partial charge in [-0.1, -0.05) is 12.8 Å². The summed E-state index contributed by atoms with van der Waals surface area (Å²) in [6.07, 6.45) is 5.08. The Bertz CT molecular complexity index is 786. The van der Waals surface area contributed by atoms with Gasteiger partial charge in [0.15, 0.2) is 0 Å². The van der Waals surface area contributed by atoms with Crippen LogP contribution in [0.4, 0.5) is 0 Å². The Balaban J connectivity index is 1.60. The topological polar surface area (TPSA) is 117 Å². The number of aromatic carboxylic acids is 1. The molecular weight excluding hydrogens is 360 g/mol. The van der Waals surface area contributed by atoms with Crippen molar-refractivity contribution < 1.29 is 27.5 Å². The molecule has 9 heteroatoms. The summed E-state index contributed by atoms with van der Waals surface area (Å²) < 4.78 is 31.3. The quantitative estimate of drug-likeness (QED) is 0.800. The lowest BCUT2D eigenvalue weighted by molar-refractivity contribution is -0.127. The van der Waals surface area contributed by atoms with Gasteiger partial charge < -0.3 is 14.8 Å². The van der Waals surface area contributed by atoms with Crippen LogP contribution < -0.4 is 5.32 Å². The molecule has 1 aliphatic heterocycles. The fourth-order valence-electron chi connectivity index (χ4n) is 3.74. The molecule has 0 aromatic carbocycles. The molecule has 1 saturated carbocycles. The smallest absolute Gasteiger partial charge is 0.371 e. The molecule has 26 heavy (non-hydrogen) atoms. The van der Waals surface area contributed by atoms with Gasteiger partial charge in [0.2, 0.25) is 16.8 Å². The summed E-state index contributed by atoms with van der Waals surface area (Å²) in [6.45, 7) is 2.48. The summed E-state index contributed by atoms with van der Waals surface area (Å²) in [4.78, 5) is 23.4. The maximum absolute atomic E-state index is 12.6. The molecule has 3 rings (SSSR count). The number of nitrogens with one attached hydrogen (secondary N) is 1. The first kappa shape index (κ1) is 18.9. The Morgan fingerprint density at radius 3 is 2.38 bits per heavy atom. The van der Waals surface area contributed by atoms with Crippen molar-refractivity contribution in [2.24, 2.45) is 5.92 Å². The standard InChI is InChI=1S/C17H24N2O6S/c1-17(8-2-3-9-17)18-15(20)12-6-10-19(11-7-12)26(23,24)14-5-4-13(25-14)16(21)22/h4-5,12H,2-3,6-11H2,1H3,(H,18,20)(H,21,22). The number of rotatable bonds is 5. The molecule has 2 fully saturated rings. The summed E-state index contributed by atoms with van der Waals surface area (Å²) >= 11 is 0. The molecule has 0 atom stereocenters. The van der Waals surface area contributed by atoms with Gasteiger partial charge in [0.25, 0.3) is 10.0 Å². The zero-order valence-electron chi connectivity index (χ0n) is 14.7. The summed E-state index contributed by atoms with van der Waals surface area (Å²) in [6, 6.07) is 2.27. The van der Waals surface area contributed by atoms with E-state index in [1.54, 1.807) is 0 Å². The summed E-state index contributed by atoms with van der Waals surface area (Å²) in [5, 5.41) is 11.6. The zero-order valence-corrected chi connectivity index (χ0v) is 15.5. The molecule has 2 aliphatic rings. The van der Waals surface area contributed by atoms with Crippen LogP contribution in [0.5, 0.6) is 0 Å². The first-order valence-electron chi connectivity index (χ1n) is 8.87. The molecule has 2 N–H and O–H groups in total. The molecule has 0 bridgehead atoms. The lowest BCUT2D eigenvalue weighted by atomic mass is 9.94. The lowest BCUT2D eigenvalue weighted by Gasteiger charge is -2.33. The van der Waals surface area contributed by atoms with Crippen molar-refractivity contribution in [3.63, 3.8) is 0 Å². The predicted molar refractivity (Wildman–Crippen MR) is 92.2 cm³/mol. The number of hydrogen-bond acceptors (Lipinski definition) is 5. The molecule has 0 unspecified atom stereocenters. The van der Waals surface area contributed by atoms with Gasteiger partial charge in [-0.05, 0) is 44.7 Å². The molecule has 1 saturated heterocycles. The second-order valence-electron chi connectivity index (χ2n) is 7.36. The van der Waals surface area contributed by atoms with Gasteiger partial charge in [-0.3, -0.25) is 4.79 Å². The second-order valence-corrected chi connectivity index (χ2v) is 9.23. The highest BCUT2D eigenvalue weighted by Crippen LogP contribution is 2.30. The maximum atomic E-state index is 12.6. The van der Waals surface area contributed by atoms with Gasteiger partial charge in [0.1, 0.15) is 0 Å². The van der Waals surface area contributed by atoms with E-state index in [1.165, 1.54) is 4.31 Å². The SMILES string of the molecule is CC1(NC(=O)C2CCN(S(=O)(=O)c3ccc(C(=O)O)o3)CC2)CCCC1. The Hall–Kier alpha value is -1.87. The third-order valence-electron chi connectivity index (χ3n) is 5.34. The third-order valence-corrected chi connectivity index (χ3v) is 7.12. The average Bonchev–Trinajstić information content (AvgIpc) is 3.24. The summed E-state index contributed by atoms with van der Waals surface area (Å²) in [7, 11) is -3.89. The molecule has 2 heterocycles. The Labute approximate surface area is 152 Å². The molecule has 144 valence electrons. The van der Waals surface area contributed by atoms with Crippen LogP contribution in [0.25, 0.3) is 0 Å². The van der Waals surface area contributed by atoms with E-state index < -0.39 is 21.8 Å². The predicted octanol–water partition coefficient (Wildman–Crippen LogP) is 1.83. The van der Waals surface area contributed by atoms with Gasteiger partial charge in [0, 0.05) is 24.5 Å². The van der Waals surface area contributed by atoms with E-state index in [-0.39, 0.29) is 35.5 Å². The van der Waals surface area contributed by atoms with Crippen LogP contribution in [0.15, 0.2) is 21.6 Å². The van der Waals surface area contributed by atoms with Crippen LogP contribution in [-0.2, 0) is 14.8 Å². The Morgan fingerprint density at radius 1 is 1.23 bits per heavy atom. The van der Waals surface area contributed by atoms with E-state index in [9.17, 15) is 18.0 Å². The molecule has 1 aliphatic carbocycles. The molecule has 0 radical (unpaired) electrons. The van der Waals surface area contributed by atoms with Crippen molar-refractivity contribution in [1.82, 2.24) is 9.62 Å². The van der Waals surface area contributed by atoms with Crippen LogP contribution in [0.3, 0.4) is 0 Å². The van der Waals surface area contributed by atoms with Gasteiger partial charge in [0.05, 0.1) is 0 Å². The van der Waals surface area contributed by atoms with E-state index in [0.29, 0.717) is 12.8 Å². The number of sulfonamides is 1. The van der Waals surface area contributed by atoms with Gasteiger partial charge in [-0.15, -0.1) is 0 Å². The minimum absolute atomic E-state index is 0.00221. The number of carbonyl (C=O) groups excluding carboxylic acids is 1. The van der Waals surface area contributed by atoms with Crippen molar-refractivity contribution in [2.75, 3.05) is 13.1 Å². The van der Waals surface area contributed by atoms with Gasteiger partial charge in [-0.25, -0.2) is 13.2 Å². The first-order chi connectivity index (χ1) is 12.2. The Kier molecular flexibility index (Phi) is 5.12. The van der Waals surface area contributed by atoms with Gasteiger partial charge >= 0.3 is 5.97 Å². The lowest BCUT2D eigenvalue weighted by Crippen LogP contribution is -2.49. The van der Waals surface area contributed by atoms with Crippen molar-refractivity contribution in [3.05, 3.63) is 17.9 Å². The highest BCUT2D eigenvalue weighted by Gasteiger charge is 2.37. The van der Waals surface area contributed by atoms with Crippen molar-refractivity contribution in [1.29, 1.82) is 0 Å². The number of furan rings is 1. The number of carboxylic acids is 1. The van der Waals surface area contributed by atoms with E-state index in [0.717, 1.165) is 37.8 Å². The maximum Gasteiger partial charge on any atom is 0.371 e. The number of piperidine rings is 1. The van der Waals surface area contributed by atoms with E-state index in [2.05, 4.69) is 12.2 Å². The summed E-state index contributed by atoms with van der Waals surface area (Å²) in [5.41, 5.74) is -0.137. The fraction of sp³-hybridized carbons (Fsp3) is 0.647. The average molecular weight is 384 g/mol. The zero-order chi connectivity index (χ0) is 18.9. The first-order valence-corrected chi connectivity index (χ1v) is 10.3. The molecular formula is C17H24N2O6S. The number of carbonyl (C=O) groups is 2. The minimum Gasteiger partial charge on any atom is -0.475 e. The Morgan fingerprint density at radius 2 is 1.85 bits per heavy atom. The number of carboxylic acid groups (broad SMARTS) is 1. The van der Waals surface area contributed by atoms with Crippen LogP contribution in [0.1, 0.15) is 56.0 Å². The largest absolute Gasteiger partial charge is 0.475 e. The molecule has 1 aromatic rings. The van der Waals surface area contributed by atoms with E-state index in [4.69, 9.17) is 9.52 Å². The normalized spacial score (nSPS) is 21.6. The third kappa shape index (κ3) is 3.78. The number of hydrogen-bond donors (Lipinski definition) is 2. The second kappa shape index (κ2) is 7.03. The van der Waals surface area contributed by atoms with Crippen molar-refractivity contribution in [3.8, 4) is 0 Å². The highest BCUT2D eigenvalue weighted by atomic mass is 32.2. The van der Waals surface area contributed by atoms with Crippen molar-refractivity contribution >= 4 is 21.9 Å². The number of amides is 1. The van der Waals surface area contributed by atoms with Crippen molar-refractivity contribution in [2.45, 2.75) is 56.1 Å². The van der Waals surface area contributed by atoms with Crippen LogP contribution in [0.2, 0.25) is 0 Å². The van der Waals surface area contributed by atoms with Gasteiger partial charge in [-0.2, -0.15) is 4.31 Å². The molecule has 8 nitrogen and oxygen atoms in total. The summed E-state index contributed by atoms with van der Waals surface area (Å²) in [5.74, 6) is -1.94. The molecule has 0 spiro atoms. The number of nitrogens with zero attached hydrogens (tertiary/aromatic N) is 1. The van der Waals surface area contributed by atoms with E-state index in [1.807, 2.05) is 0 Å². The monoisotopic (exact) mass is 384 g/mol. The molecule has 1 aromatic heterocycles. The van der Waals surface area contributed by atoms with Crippen LogP contribution in [0, 0.1) is 5.92 Å². The van der Waals surface area contributed by atoms with Crippen LogP contribution >= 0.6 is 0 Å². The van der Waals surface area contributed by atoms with E-state index >= 15 is 0 Å². The minimum atomic E-state index is -3.89. The fourth-order valence-corrected chi connectivity index (χ4v) is 5.12. The van der Waals surface area contributed by atoms with Crippen LogP contribution in [-0.4, -0.2) is 48.3 Å². The highest BCUT2D eigenvalue weighted by molar-refractivity contribution is 7.89.